The molecule has 25 heavy (non-hydrogen) atoms. The first kappa shape index (κ1) is 17.7. The minimum absolute atomic E-state index is 0.165. The van der Waals surface area contributed by atoms with Crippen molar-refractivity contribution < 1.29 is 9.21 Å². The number of hydrogen-bond donors (Lipinski definition) is 0. The summed E-state index contributed by atoms with van der Waals surface area (Å²) < 4.78 is 7.01. The van der Waals surface area contributed by atoms with Gasteiger partial charge in [0.05, 0.1) is 18.2 Å². The zero-order valence-corrected chi connectivity index (χ0v) is 15.5. The van der Waals surface area contributed by atoms with Gasteiger partial charge in [0, 0.05) is 44.0 Å². The summed E-state index contributed by atoms with van der Waals surface area (Å²) in [5.41, 5.74) is 4.60. The molecule has 0 atom stereocenters. The van der Waals surface area contributed by atoms with E-state index in [-0.39, 0.29) is 5.91 Å². The van der Waals surface area contributed by atoms with Crippen LogP contribution in [0.15, 0.2) is 23.0 Å². The van der Waals surface area contributed by atoms with Gasteiger partial charge in [-0.1, -0.05) is 6.92 Å². The van der Waals surface area contributed by atoms with Crippen molar-refractivity contribution in [1.29, 1.82) is 0 Å². The van der Waals surface area contributed by atoms with E-state index in [1.54, 1.807) is 12.5 Å². The average molecular weight is 344 g/mol. The molecule has 0 aliphatic carbocycles. The van der Waals surface area contributed by atoms with Crippen LogP contribution in [0.1, 0.15) is 35.9 Å². The first-order valence-electron chi connectivity index (χ1n) is 9.12. The minimum Gasteiger partial charge on any atom is -0.472 e. The van der Waals surface area contributed by atoms with Gasteiger partial charge in [-0.2, -0.15) is 5.10 Å². The lowest BCUT2D eigenvalue weighted by Gasteiger charge is -2.22. The molecule has 3 heterocycles. The van der Waals surface area contributed by atoms with Crippen LogP contribution in [0.3, 0.4) is 0 Å². The van der Waals surface area contributed by atoms with Crippen LogP contribution in [0.25, 0.3) is 0 Å². The van der Waals surface area contributed by atoms with Gasteiger partial charge in [0.25, 0.3) is 0 Å². The highest BCUT2D eigenvalue weighted by Crippen LogP contribution is 2.14. The molecule has 6 heteroatoms. The Hall–Kier alpha value is -2.08. The van der Waals surface area contributed by atoms with Crippen molar-refractivity contribution in [3.05, 3.63) is 41.1 Å². The molecule has 0 unspecified atom stereocenters. The topological polar surface area (TPSA) is 54.5 Å². The van der Waals surface area contributed by atoms with E-state index in [0.29, 0.717) is 6.54 Å². The van der Waals surface area contributed by atoms with E-state index in [9.17, 15) is 4.79 Å². The molecule has 0 bridgehead atoms. The standard InChI is InChI=1S/C19H28N4O2/c1-4-18-15(2)20-23(16(18)3)13-19(24)22-8-5-7-21(9-10-22)12-17-6-11-25-14-17/h6,11,14H,4-5,7-10,12-13H2,1-3H3. The van der Waals surface area contributed by atoms with Crippen molar-refractivity contribution in [1.82, 2.24) is 19.6 Å². The molecule has 1 amide bonds. The summed E-state index contributed by atoms with van der Waals surface area (Å²) in [4.78, 5) is 17.1. The van der Waals surface area contributed by atoms with E-state index >= 15 is 0 Å². The third-order valence-corrected chi connectivity index (χ3v) is 5.10. The first-order valence-corrected chi connectivity index (χ1v) is 9.12. The number of nitrogens with zero attached hydrogens (tertiary/aromatic N) is 4. The number of carbonyl (C=O) groups is 1. The fourth-order valence-corrected chi connectivity index (χ4v) is 3.65. The lowest BCUT2D eigenvalue weighted by Crippen LogP contribution is -2.37. The van der Waals surface area contributed by atoms with Crippen LogP contribution in [0.4, 0.5) is 0 Å². The van der Waals surface area contributed by atoms with Crippen molar-refractivity contribution in [2.45, 2.75) is 46.7 Å². The lowest BCUT2D eigenvalue weighted by atomic mass is 10.1. The molecule has 0 N–H and O–H groups in total. The Labute approximate surface area is 149 Å². The molecule has 2 aromatic rings. The van der Waals surface area contributed by atoms with Crippen LogP contribution in [0.5, 0.6) is 0 Å². The van der Waals surface area contributed by atoms with E-state index in [4.69, 9.17) is 4.42 Å². The molecule has 6 nitrogen and oxygen atoms in total. The number of aromatic nitrogens is 2. The highest BCUT2D eigenvalue weighted by molar-refractivity contribution is 5.76. The van der Waals surface area contributed by atoms with Crippen LogP contribution in [0.2, 0.25) is 0 Å². The number of rotatable bonds is 5. The van der Waals surface area contributed by atoms with Gasteiger partial charge < -0.3 is 9.32 Å². The van der Waals surface area contributed by atoms with Crippen molar-refractivity contribution in [3.8, 4) is 0 Å². The highest BCUT2D eigenvalue weighted by atomic mass is 16.3. The minimum atomic E-state index is 0.165. The molecule has 1 aliphatic heterocycles. The molecule has 1 fully saturated rings. The summed E-state index contributed by atoms with van der Waals surface area (Å²) in [5.74, 6) is 0.165. The van der Waals surface area contributed by atoms with Gasteiger partial charge in [0.1, 0.15) is 6.54 Å². The van der Waals surface area contributed by atoms with Crippen molar-refractivity contribution >= 4 is 5.91 Å². The van der Waals surface area contributed by atoms with Crippen molar-refractivity contribution in [2.24, 2.45) is 0 Å². The number of furan rings is 1. The predicted octanol–water partition coefficient (Wildman–Crippen LogP) is 2.39. The molecular formula is C19H28N4O2. The summed E-state index contributed by atoms with van der Waals surface area (Å²) in [7, 11) is 0. The number of aryl methyl sites for hydroxylation is 1. The van der Waals surface area contributed by atoms with Gasteiger partial charge in [-0.15, -0.1) is 0 Å². The summed E-state index contributed by atoms with van der Waals surface area (Å²) in [6.45, 7) is 10.9. The van der Waals surface area contributed by atoms with Gasteiger partial charge in [-0.25, -0.2) is 0 Å². The van der Waals surface area contributed by atoms with Gasteiger partial charge in [0.15, 0.2) is 0 Å². The molecule has 3 rings (SSSR count). The monoisotopic (exact) mass is 344 g/mol. The van der Waals surface area contributed by atoms with Crippen LogP contribution in [-0.2, 0) is 24.3 Å². The molecule has 0 saturated carbocycles. The molecule has 1 aliphatic rings. The smallest absolute Gasteiger partial charge is 0.244 e. The summed E-state index contributed by atoms with van der Waals surface area (Å²) in [6, 6.07) is 2.00. The van der Waals surface area contributed by atoms with Crippen LogP contribution in [0, 0.1) is 13.8 Å². The van der Waals surface area contributed by atoms with Gasteiger partial charge >= 0.3 is 0 Å². The van der Waals surface area contributed by atoms with Crippen molar-refractivity contribution in [2.75, 3.05) is 26.2 Å². The number of carbonyl (C=O) groups excluding carboxylic acids is 1. The molecule has 1 saturated heterocycles. The molecule has 0 aromatic carbocycles. The van der Waals surface area contributed by atoms with E-state index < -0.39 is 0 Å². The fourth-order valence-electron chi connectivity index (χ4n) is 3.65. The van der Waals surface area contributed by atoms with Crippen molar-refractivity contribution in [3.63, 3.8) is 0 Å². The Morgan fingerprint density at radius 2 is 2.08 bits per heavy atom. The van der Waals surface area contributed by atoms with Gasteiger partial charge in [-0.3, -0.25) is 14.4 Å². The Balaban J connectivity index is 1.58. The normalized spacial score (nSPS) is 16.2. The van der Waals surface area contributed by atoms with Crippen LogP contribution >= 0.6 is 0 Å². The predicted molar refractivity (Wildman–Crippen MR) is 96.3 cm³/mol. The van der Waals surface area contributed by atoms with E-state index in [1.165, 1.54) is 11.1 Å². The maximum absolute atomic E-state index is 12.7. The van der Waals surface area contributed by atoms with Gasteiger partial charge in [-0.05, 0) is 38.3 Å². The quantitative estimate of drug-likeness (QED) is 0.836. The third kappa shape index (κ3) is 4.12. The summed E-state index contributed by atoms with van der Waals surface area (Å²) in [5, 5.41) is 4.55. The zero-order chi connectivity index (χ0) is 17.8. The molecule has 0 spiro atoms. The largest absolute Gasteiger partial charge is 0.472 e. The Morgan fingerprint density at radius 1 is 1.24 bits per heavy atom. The molecular weight excluding hydrogens is 316 g/mol. The molecule has 0 radical (unpaired) electrons. The van der Waals surface area contributed by atoms with Gasteiger partial charge in [0.2, 0.25) is 5.91 Å². The number of hydrogen-bond acceptors (Lipinski definition) is 4. The second-order valence-electron chi connectivity index (χ2n) is 6.80. The SMILES string of the molecule is CCc1c(C)nn(CC(=O)N2CCCN(Cc3ccoc3)CC2)c1C. The lowest BCUT2D eigenvalue weighted by molar-refractivity contribution is -0.131. The van der Waals surface area contributed by atoms with E-state index in [2.05, 4.69) is 23.8 Å². The summed E-state index contributed by atoms with van der Waals surface area (Å²) >= 11 is 0. The average Bonchev–Trinajstić information content (AvgIpc) is 3.10. The highest BCUT2D eigenvalue weighted by Gasteiger charge is 2.21. The maximum atomic E-state index is 12.7. The first-order chi connectivity index (χ1) is 12.1. The third-order valence-electron chi connectivity index (χ3n) is 5.10. The van der Waals surface area contributed by atoms with Crippen LogP contribution < -0.4 is 0 Å². The second-order valence-corrected chi connectivity index (χ2v) is 6.80. The van der Waals surface area contributed by atoms with Crippen LogP contribution in [-0.4, -0.2) is 51.7 Å². The maximum Gasteiger partial charge on any atom is 0.244 e. The Morgan fingerprint density at radius 3 is 2.76 bits per heavy atom. The Bertz CT molecular complexity index is 705. The Kier molecular flexibility index (Phi) is 5.58. The summed E-state index contributed by atoms with van der Waals surface area (Å²) in [6.07, 6.45) is 5.46. The molecule has 2 aromatic heterocycles. The van der Waals surface area contributed by atoms with E-state index in [0.717, 1.165) is 57.0 Å². The second kappa shape index (κ2) is 7.87. The number of amides is 1. The fraction of sp³-hybridized carbons (Fsp3) is 0.579. The molecule has 136 valence electrons. The van der Waals surface area contributed by atoms with E-state index in [1.807, 2.05) is 22.6 Å². The zero-order valence-electron chi connectivity index (χ0n) is 15.5.